The lowest BCUT2D eigenvalue weighted by molar-refractivity contribution is 0.124. The second kappa shape index (κ2) is 4.73. The molecule has 0 radical (unpaired) electrons. The third kappa shape index (κ3) is 2.80. The molecule has 66 valence electrons. The molecule has 0 amide bonds. The summed E-state index contributed by atoms with van der Waals surface area (Å²) in [6.45, 7) is 5.12. The number of nitrogens with zero attached hydrogens (tertiary/aromatic N) is 1. The van der Waals surface area contributed by atoms with Crippen molar-refractivity contribution in [2.24, 2.45) is 0 Å². The fourth-order valence-electron chi connectivity index (χ4n) is 1.71. The van der Waals surface area contributed by atoms with Gasteiger partial charge in [-0.3, -0.25) is 0 Å². The van der Waals surface area contributed by atoms with E-state index in [1.807, 2.05) is 0 Å². The monoisotopic (exact) mass is 157 g/mol. The summed E-state index contributed by atoms with van der Waals surface area (Å²) in [6, 6.07) is 0.793. The maximum Gasteiger partial charge on any atom is 0.0480 e. The molecule has 0 aromatic carbocycles. The Morgan fingerprint density at radius 2 is 2.36 bits per heavy atom. The van der Waals surface area contributed by atoms with Crippen LogP contribution in [0.1, 0.15) is 26.2 Å². The first-order valence-electron chi connectivity index (χ1n) is 4.62. The molecule has 0 saturated carbocycles. The van der Waals surface area contributed by atoms with Gasteiger partial charge in [-0.05, 0) is 39.8 Å². The number of hydrogen-bond donors (Lipinski definition) is 0. The minimum absolute atomic E-state index is 0.793. The van der Waals surface area contributed by atoms with E-state index in [9.17, 15) is 0 Å². The lowest BCUT2D eigenvalue weighted by Gasteiger charge is -2.18. The lowest BCUT2D eigenvalue weighted by Crippen LogP contribution is -2.26. The van der Waals surface area contributed by atoms with E-state index in [-0.39, 0.29) is 0 Å². The summed E-state index contributed by atoms with van der Waals surface area (Å²) in [4.78, 5) is 2.44. The summed E-state index contributed by atoms with van der Waals surface area (Å²) in [5.74, 6) is 0. The molecule has 1 heterocycles. The minimum Gasteiger partial charge on any atom is -0.382 e. The van der Waals surface area contributed by atoms with Crippen molar-refractivity contribution in [2.75, 3.05) is 26.8 Å². The zero-order valence-corrected chi connectivity index (χ0v) is 7.68. The van der Waals surface area contributed by atoms with Gasteiger partial charge in [0.25, 0.3) is 0 Å². The Bertz CT molecular complexity index is 106. The number of likely N-dealkylation sites (tertiary alicyclic amines) is 1. The second-order valence-corrected chi connectivity index (χ2v) is 3.26. The van der Waals surface area contributed by atoms with Gasteiger partial charge < -0.3 is 9.64 Å². The molecule has 2 heteroatoms. The van der Waals surface area contributed by atoms with Crippen molar-refractivity contribution in [1.29, 1.82) is 0 Å². The fraction of sp³-hybridized carbons (Fsp3) is 1.00. The minimum atomic E-state index is 0.793. The highest BCUT2D eigenvalue weighted by atomic mass is 16.5. The highest BCUT2D eigenvalue weighted by Gasteiger charge is 2.19. The summed E-state index contributed by atoms with van der Waals surface area (Å²) in [5.41, 5.74) is 0. The number of rotatable bonds is 4. The predicted octanol–water partition coefficient (Wildman–Crippen LogP) is 1.51. The molecular weight excluding hydrogens is 138 g/mol. The van der Waals surface area contributed by atoms with Crippen LogP contribution >= 0.6 is 0 Å². The van der Waals surface area contributed by atoms with Crippen LogP contribution in [0, 0.1) is 0 Å². The highest BCUT2D eigenvalue weighted by Crippen LogP contribution is 2.17. The van der Waals surface area contributed by atoms with E-state index in [1.54, 1.807) is 0 Å². The van der Waals surface area contributed by atoms with E-state index < -0.39 is 0 Å². The van der Waals surface area contributed by atoms with E-state index in [4.69, 9.17) is 4.74 Å². The molecule has 1 atom stereocenters. The van der Waals surface area contributed by atoms with Crippen molar-refractivity contribution in [3.8, 4) is 0 Å². The van der Waals surface area contributed by atoms with Crippen LogP contribution in [0.25, 0.3) is 0 Å². The Morgan fingerprint density at radius 3 is 2.91 bits per heavy atom. The van der Waals surface area contributed by atoms with E-state index in [2.05, 4.69) is 18.9 Å². The molecule has 1 fully saturated rings. The third-order valence-corrected chi connectivity index (χ3v) is 2.47. The molecule has 1 unspecified atom stereocenters. The average Bonchev–Trinajstić information content (AvgIpc) is 2.37. The molecule has 0 aliphatic carbocycles. The van der Waals surface area contributed by atoms with Crippen molar-refractivity contribution in [2.45, 2.75) is 32.2 Å². The highest BCUT2D eigenvalue weighted by molar-refractivity contribution is 4.75. The molecule has 2 nitrogen and oxygen atoms in total. The third-order valence-electron chi connectivity index (χ3n) is 2.47. The van der Waals surface area contributed by atoms with Gasteiger partial charge in [-0.15, -0.1) is 0 Å². The largest absolute Gasteiger partial charge is 0.382 e. The van der Waals surface area contributed by atoms with Gasteiger partial charge in [0, 0.05) is 19.3 Å². The summed E-state index contributed by atoms with van der Waals surface area (Å²) < 4.78 is 5.32. The molecule has 0 aromatic heterocycles. The molecule has 0 N–H and O–H groups in total. The number of ether oxygens (including phenoxy) is 1. The summed E-state index contributed by atoms with van der Waals surface area (Å²) in [7, 11) is 2.21. The van der Waals surface area contributed by atoms with Crippen LogP contribution in [0.2, 0.25) is 0 Å². The van der Waals surface area contributed by atoms with Crippen LogP contribution < -0.4 is 0 Å². The zero-order chi connectivity index (χ0) is 8.10. The Labute approximate surface area is 69.5 Å². The zero-order valence-electron chi connectivity index (χ0n) is 7.68. The Kier molecular flexibility index (Phi) is 3.87. The summed E-state index contributed by atoms with van der Waals surface area (Å²) in [6.07, 6.45) is 3.95. The standard InChI is InChI=1S/C9H19NO/c1-3-11-8-6-9-5-4-7-10(9)2/h9H,3-8H2,1-2H3. The van der Waals surface area contributed by atoms with Crippen LogP contribution in [0.4, 0.5) is 0 Å². The molecule has 0 aromatic rings. The van der Waals surface area contributed by atoms with Gasteiger partial charge in [0.2, 0.25) is 0 Å². The maximum atomic E-state index is 5.32. The maximum absolute atomic E-state index is 5.32. The van der Waals surface area contributed by atoms with Crippen LogP contribution in [-0.2, 0) is 4.74 Å². The van der Waals surface area contributed by atoms with Crippen LogP contribution in [-0.4, -0.2) is 37.7 Å². The molecule has 0 bridgehead atoms. The first-order valence-corrected chi connectivity index (χ1v) is 4.62. The molecular formula is C9H19NO. The summed E-state index contributed by atoms with van der Waals surface area (Å²) >= 11 is 0. The van der Waals surface area contributed by atoms with Crippen molar-refractivity contribution in [3.05, 3.63) is 0 Å². The Balaban J connectivity index is 2.05. The van der Waals surface area contributed by atoms with Crippen molar-refractivity contribution in [1.82, 2.24) is 4.90 Å². The Morgan fingerprint density at radius 1 is 1.55 bits per heavy atom. The normalized spacial score (nSPS) is 26.2. The molecule has 1 saturated heterocycles. The van der Waals surface area contributed by atoms with Gasteiger partial charge in [-0.2, -0.15) is 0 Å². The van der Waals surface area contributed by atoms with Gasteiger partial charge in [-0.25, -0.2) is 0 Å². The van der Waals surface area contributed by atoms with Crippen LogP contribution in [0.3, 0.4) is 0 Å². The topological polar surface area (TPSA) is 12.5 Å². The first-order chi connectivity index (χ1) is 5.34. The van der Waals surface area contributed by atoms with Gasteiger partial charge in [-0.1, -0.05) is 0 Å². The Hall–Kier alpha value is -0.0800. The summed E-state index contributed by atoms with van der Waals surface area (Å²) in [5, 5.41) is 0. The second-order valence-electron chi connectivity index (χ2n) is 3.26. The van der Waals surface area contributed by atoms with Crippen LogP contribution in [0.5, 0.6) is 0 Å². The van der Waals surface area contributed by atoms with E-state index >= 15 is 0 Å². The first kappa shape index (κ1) is 9.01. The SMILES string of the molecule is CCOCCC1CCCN1C. The molecule has 1 aliphatic rings. The van der Waals surface area contributed by atoms with Gasteiger partial charge in [0.15, 0.2) is 0 Å². The fourth-order valence-corrected chi connectivity index (χ4v) is 1.71. The molecule has 1 rings (SSSR count). The smallest absolute Gasteiger partial charge is 0.0480 e. The van der Waals surface area contributed by atoms with E-state index in [0.29, 0.717) is 0 Å². The lowest BCUT2D eigenvalue weighted by atomic mass is 10.1. The average molecular weight is 157 g/mol. The van der Waals surface area contributed by atoms with Crippen molar-refractivity contribution >= 4 is 0 Å². The van der Waals surface area contributed by atoms with Gasteiger partial charge >= 0.3 is 0 Å². The van der Waals surface area contributed by atoms with Crippen molar-refractivity contribution in [3.63, 3.8) is 0 Å². The predicted molar refractivity (Wildman–Crippen MR) is 46.8 cm³/mol. The number of hydrogen-bond acceptors (Lipinski definition) is 2. The van der Waals surface area contributed by atoms with Crippen LogP contribution in [0.15, 0.2) is 0 Å². The molecule has 11 heavy (non-hydrogen) atoms. The van der Waals surface area contributed by atoms with Gasteiger partial charge in [0.05, 0.1) is 0 Å². The molecule has 0 spiro atoms. The van der Waals surface area contributed by atoms with E-state index in [0.717, 1.165) is 19.3 Å². The van der Waals surface area contributed by atoms with E-state index in [1.165, 1.54) is 25.8 Å². The molecule has 1 aliphatic heterocycles. The quantitative estimate of drug-likeness (QED) is 0.573. The van der Waals surface area contributed by atoms with Crippen molar-refractivity contribution < 1.29 is 4.74 Å². The van der Waals surface area contributed by atoms with Gasteiger partial charge in [0.1, 0.15) is 0 Å².